The normalized spacial score (nSPS) is 11.0. The van der Waals surface area contributed by atoms with E-state index >= 15 is 0 Å². The Morgan fingerprint density at radius 3 is 2.91 bits per heavy atom. The summed E-state index contributed by atoms with van der Waals surface area (Å²) in [6.07, 6.45) is 3.54. The molecule has 0 fully saturated rings. The third kappa shape index (κ3) is 3.58. The van der Waals surface area contributed by atoms with Crippen LogP contribution in [0.3, 0.4) is 0 Å². The van der Waals surface area contributed by atoms with Crippen LogP contribution >= 0.6 is 0 Å². The first-order chi connectivity index (χ1) is 11.2. The molecule has 0 saturated heterocycles. The minimum atomic E-state index is -0.189. The van der Waals surface area contributed by atoms with Crippen molar-refractivity contribution >= 4 is 28.7 Å². The molecule has 1 amide bonds. The van der Waals surface area contributed by atoms with Crippen LogP contribution in [0, 0.1) is 6.92 Å². The molecule has 5 heteroatoms. The number of amides is 1. The molecule has 0 saturated carbocycles. The second kappa shape index (κ2) is 6.79. The third-order valence-electron chi connectivity index (χ3n) is 3.61. The first-order valence-corrected chi connectivity index (χ1v) is 7.41. The van der Waals surface area contributed by atoms with Crippen molar-refractivity contribution in [3.05, 3.63) is 65.9 Å². The van der Waals surface area contributed by atoms with Gasteiger partial charge in [0.15, 0.2) is 0 Å². The predicted octanol–water partition coefficient (Wildman–Crippen LogP) is 3.04. The summed E-state index contributed by atoms with van der Waals surface area (Å²) in [6.45, 7) is 2.17. The first kappa shape index (κ1) is 14.8. The molecule has 0 bridgehead atoms. The maximum absolute atomic E-state index is 11.8. The van der Waals surface area contributed by atoms with E-state index < -0.39 is 0 Å². The summed E-state index contributed by atoms with van der Waals surface area (Å²) >= 11 is 0. The number of benzene rings is 2. The number of H-pyrrole nitrogens is 1. The van der Waals surface area contributed by atoms with Crippen molar-refractivity contribution in [3.63, 3.8) is 0 Å². The van der Waals surface area contributed by atoms with Gasteiger partial charge in [-0.05, 0) is 30.7 Å². The molecule has 0 unspecified atom stereocenters. The van der Waals surface area contributed by atoms with E-state index in [1.165, 1.54) is 0 Å². The summed E-state index contributed by atoms with van der Waals surface area (Å²) in [4.78, 5) is 15.0. The number of nitrogens with zero attached hydrogens (tertiary/aromatic N) is 1. The van der Waals surface area contributed by atoms with Crippen molar-refractivity contribution in [2.24, 2.45) is 5.10 Å². The van der Waals surface area contributed by atoms with Gasteiger partial charge in [0, 0.05) is 28.4 Å². The molecule has 5 nitrogen and oxygen atoms in total. The van der Waals surface area contributed by atoms with E-state index in [4.69, 9.17) is 0 Å². The Labute approximate surface area is 134 Å². The van der Waals surface area contributed by atoms with Crippen LogP contribution in [0.2, 0.25) is 0 Å². The molecule has 0 aliphatic heterocycles. The van der Waals surface area contributed by atoms with Crippen LogP contribution in [0.15, 0.2) is 59.8 Å². The number of carbonyl (C=O) groups excluding carboxylic acids is 1. The summed E-state index contributed by atoms with van der Waals surface area (Å²) in [6, 6.07) is 15.7. The number of aromatic nitrogens is 1. The molecule has 0 radical (unpaired) electrons. The molecule has 0 aliphatic rings. The maximum atomic E-state index is 11.8. The van der Waals surface area contributed by atoms with Gasteiger partial charge in [0.1, 0.15) is 0 Å². The number of carbonyl (C=O) groups is 1. The number of aryl methyl sites for hydroxylation is 1. The number of anilines is 1. The van der Waals surface area contributed by atoms with Crippen LogP contribution in [-0.4, -0.2) is 23.7 Å². The second-order valence-electron chi connectivity index (χ2n) is 5.25. The minimum Gasteiger partial charge on any atom is -0.376 e. The number of nitrogens with one attached hydrogen (secondary N) is 3. The summed E-state index contributed by atoms with van der Waals surface area (Å²) < 4.78 is 0. The average molecular weight is 306 g/mol. The summed E-state index contributed by atoms with van der Waals surface area (Å²) in [5.74, 6) is -0.189. The molecular weight excluding hydrogens is 288 g/mol. The molecule has 3 aromatic rings. The van der Waals surface area contributed by atoms with E-state index in [0.29, 0.717) is 0 Å². The van der Waals surface area contributed by atoms with Gasteiger partial charge in [0.05, 0.1) is 12.8 Å². The van der Waals surface area contributed by atoms with Crippen LogP contribution in [-0.2, 0) is 4.79 Å². The highest BCUT2D eigenvalue weighted by Crippen LogP contribution is 2.15. The van der Waals surface area contributed by atoms with Gasteiger partial charge in [-0.25, -0.2) is 5.43 Å². The van der Waals surface area contributed by atoms with Gasteiger partial charge in [0.2, 0.25) is 0 Å². The average Bonchev–Trinajstić information content (AvgIpc) is 3.03. The van der Waals surface area contributed by atoms with Crippen LogP contribution < -0.4 is 10.7 Å². The SMILES string of the molecule is Cc1ccccc1NCC(=O)N/N=C/c1cccc2[nH]ccc12. The zero-order valence-electron chi connectivity index (χ0n) is 12.8. The quantitative estimate of drug-likeness (QED) is 0.501. The molecule has 116 valence electrons. The lowest BCUT2D eigenvalue weighted by atomic mass is 10.1. The number of hydrogen-bond donors (Lipinski definition) is 3. The van der Waals surface area contributed by atoms with Crippen LogP contribution in [0.5, 0.6) is 0 Å². The van der Waals surface area contributed by atoms with E-state index in [0.717, 1.165) is 27.7 Å². The molecule has 0 spiro atoms. The fourth-order valence-electron chi connectivity index (χ4n) is 2.38. The van der Waals surface area contributed by atoms with E-state index in [2.05, 4.69) is 20.8 Å². The number of rotatable bonds is 5. The van der Waals surface area contributed by atoms with Crippen LogP contribution in [0.25, 0.3) is 10.9 Å². The zero-order valence-corrected chi connectivity index (χ0v) is 12.8. The summed E-state index contributed by atoms with van der Waals surface area (Å²) in [7, 11) is 0. The van der Waals surface area contributed by atoms with Gasteiger partial charge in [-0.15, -0.1) is 0 Å². The standard InChI is InChI=1S/C18H18N4O/c1-13-5-2-3-7-16(13)20-12-18(23)22-21-11-14-6-4-8-17-15(14)9-10-19-17/h2-11,19-20H,12H2,1H3,(H,22,23)/b21-11+. The lowest BCUT2D eigenvalue weighted by Crippen LogP contribution is -2.26. The fourth-order valence-corrected chi connectivity index (χ4v) is 2.38. The van der Waals surface area contributed by atoms with E-state index in [1.807, 2.05) is 61.7 Å². The van der Waals surface area contributed by atoms with Gasteiger partial charge in [-0.2, -0.15) is 5.10 Å². The highest BCUT2D eigenvalue weighted by Gasteiger charge is 2.02. The first-order valence-electron chi connectivity index (χ1n) is 7.41. The Morgan fingerprint density at radius 1 is 1.17 bits per heavy atom. The largest absolute Gasteiger partial charge is 0.376 e. The number of aromatic amines is 1. The molecule has 0 aliphatic carbocycles. The molecule has 1 aromatic heterocycles. The Balaban J connectivity index is 1.57. The van der Waals surface area contributed by atoms with Gasteiger partial charge in [-0.1, -0.05) is 30.3 Å². The molecule has 1 heterocycles. The topological polar surface area (TPSA) is 69.3 Å². The predicted molar refractivity (Wildman–Crippen MR) is 93.7 cm³/mol. The highest BCUT2D eigenvalue weighted by molar-refractivity contribution is 5.98. The molecule has 2 aromatic carbocycles. The van der Waals surface area contributed by atoms with Crippen molar-refractivity contribution in [1.82, 2.24) is 10.4 Å². The maximum Gasteiger partial charge on any atom is 0.259 e. The zero-order chi connectivity index (χ0) is 16.1. The van der Waals surface area contributed by atoms with Crippen molar-refractivity contribution in [1.29, 1.82) is 0 Å². The third-order valence-corrected chi connectivity index (χ3v) is 3.61. The van der Waals surface area contributed by atoms with Gasteiger partial charge < -0.3 is 10.3 Å². The minimum absolute atomic E-state index is 0.177. The van der Waals surface area contributed by atoms with E-state index in [1.54, 1.807) is 6.21 Å². The van der Waals surface area contributed by atoms with Crippen LogP contribution in [0.1, 0.15) is 11.1 Å². The van der Waals surface area contributed by atoms with Gasteiger partial charge >= 0.3 is 0 Å². The van der Waals surface area contributed by atoms with E-state index in [-0.39, 0.29) is 12.5 Å². The Morgan fingerprint density at radius 2 is 2.04 bits per heavy atom. The van der Waals surface area contributed by atoms with Gasteiger partial charge in [0.25, 0.3) is 5.91 Å². The molecule has 3 N–H and O–H groups in total. The summed E-state index contributed by atoms with van der Waals surface area (Å²) in [5, 5.41) is 8.20. The lowest BCUT2D eigenvalue weighted by Gasteiger charge is -2.07. The van der Waals surface area contributed by atoms with Crippen LogP contribution in [0.4, 0.5) is 5.69 Å². The lowest BCUT2D eigenvalue weighted by molar-refractivity contribution is -0.119. The fraction of sp³-hybridized carbons (Fsp3) is 0.111. The smallest absolute Gasteiger partial charge is 0.259 e. The van der Waals surface area contributed by atoms with Crippen molar-refractivity contribution in [2.75, 3.05) is 11.9 Å². The molecule has 0 atom stereocenters. The second-order valence-corrected chi connectivity index (χ2v) is 5.25. The Hall–Kier alpha value is -3.08. The summed E-state index contributed by atoms with van der Waals surface area (Å²) in [5.41, 5.74) is 6.58. The number of fused-ring (bicyclic) bond motifs is 1. The van der Waals surface area contributed by atoms with Crippen molar-refractivity contribution < 1.29 is 4.79 Å². The highest BCUT2D eigenvalue weighted by atomic mass is 16.2. The molecule has 23 heavy (non-hydrogen) atoms. The number of para-hydroxylation sites is 1. The Bertz CT molecular complexity index is 851. The number of hydrogen-bond acceptors (Lipinski definition) is 3. The Kier molecular flexibility index (Phi) is 4.38. The molecular formula is C18H18N4O. The monoisotopic (exact) mass is 306 g/mol. The molecule has 3 rings (SSSR count). The van der Waals surface area contributed by atoms with Crippen molar-refractivity contribution in [3.8, 4) is 0 Å². The van der Waals surface area contributed by atoms with Crippen molar-refractivity contribution in [2.45, 2.75) is 6.92 Å². The number of hydrazone groups is 1. The van der Waals surface area contributed by atoms with Gasteiger partial charge in [-0.3, -0.25) is 4.79 Å². The van der Waals surface area contributed by atoms with E-state index in [9.17, 15) is 4.79 Å².